The van der Waals surface area contributed by atoms with Crippen LogP contribution in [0.25, 0.3) is 0 Å². The van der Waals surface area contributed by atoms with Crippen LogP contribution in [0.2, 0.25) is 0 Å². The van der Waals surface area contributed by atoms with Gasteiger partial charge in [-0.25, -0.2) is 4.94 Å². The molecule has 2 unspecified atom stereocenters. The fraction of sp³-hybridized carbons (Fsp3) is 0.500. The molecule has 5 nitrogen and oxygen atoms in total. The molecule has 0 spiro atoms. The lowest BCUT2D eigenvalue weighted by Gasteiger charge is -2.27. The van der Waals surface area contributed by atoms with Crippen molar-refractivity contribution >= 4 is 34.4 Å². The average molecular weight is 190 g/mol. The lowest BCUT2D eigenvalue weighted by Crippen LogP contribution is -2.63. The van der Waals surface area contributed by atoms with Crippen LogP contribution in [0.3, 0.4) is 0 Å². The van der Waals surface area contributed by atoms with Crippen LogP contribution in [-0.4, -0.2) is 22.3 Å². The maximum absolute atomic E-state index is 4.91. The van der Waals surface area contributed by atoms with Gasteiger partial charge >= 0.3 is 0 Å². The first-order valence-electron chi connectivity index (χ1n) is 3.05. The smallest absolute Gasteiger partial charge is 0.139 e. The van der Waals surface area contributed by atoms with E-state index < -0.39 is 0 Å². The number of fused-ring (bicyclic) bond motifs is 1. The molecule has 2 saturated heterocycles. The van der Waals surface area contributed by atoms with E-state index in [1.54, 1.807) is 0 Å². The molecule has 2 aliphatic heterocycles. The van der Waals surface area contributed by atoms with E-state index in [0.717, 1.165) is 0 Å². The van der Waals surface area contributed by atoms with Gasteiger partial charge in [-0.1, -0.05) is 24.4 Å². The van der Waals surface area contributed by atoms with Crippen LogP contribution in [0.5, 0.6) is 0 Å². The summed E-state index contributed by atoms with van der Waals surface area (Å²) in [6, 6.07) is 0. The molecule has 0 amide bonds. The quantitative estimate of drug-likeness (QED) is 0.348. The highest BCUT2D eigenvalue weighted by Crippen LogP contribution is 2.00. The first-order valence-corrected chi connectivity index (χ1v) is 3.87. The van der Waals surface area contributed by atoms with Gasteiger partial charge in [0.05, 0.1) is 0 Å². The number of hydrogen-bond donors (Lipinski definition) is 4. The summed E-state index contributed by atoms with van der Waals surface area (Å²) in [5, 5.41) is 5.91. The molecular weight excluding hydrogens is 184 g/mol. The van der Waals surface area contributed by atoms with Gasteiger partial charge in [-0.15, -0.1) is 0 Å². The van der Waals surface area contributed by atoms with Crippen molar-refractivity contribution in [1.82, 2.24) is 21.6 Å². The summed E-state index contributed by atoms with van der Waals surface area (Å²) in [5.74, 6) is 0. The Hall–Kier alpha value is -0.340. The van der Waals surface area contributed by atoms with Gasteiger partial charge in [0.15, 0.2) is 0 Å². The van der Waals surface area contributed by atoms with Gasteiger partial charge in [-0.3, -0.25) is 0 Å². The largest absolute Gasteiger partial charge is 0.354 e. The van der Waals surface area contributed by atoms with E-state index in [1.165, 1.54) is 0 Å². The summed E-state index contributed by atoms with van der Waals surface area (Å²) in [7, 11) is 0. The van der Waals surface area contributed by atoms with Crippen molar-refractivity contribution in [2.75, 3.05) is 0 Å². The molecule has 0 aliphatic carbocycles. The summed E-state index contributed by atoms with van der Waals surface area (Å²) < 4.78 is 0. The molecule has 11 heavy (non-hydrogen) atoms. The minimum atomic E-state index is -0.0470. The molecule has 2 atom stereocenters. The summed E-state index contributed by atoms with van der Waals surface area (Å²) in [5.41, 5.74) is 5.36. The summed E-state index contributed by atoms with van der Waals surface area (Å²) >= 11 is 9.83. The zero-order valence-corrected chi connectivity index (χ0v) is 7.01. The van der Waals surface area contributed by atoms with Crippen LogP contribution < -0.4 is 21.6 Å². The molecule has 2 aliphatic rings. The number of rotatable bonds is 0. The highest BCUT2D eigenvalue weighted by molar-refractivity contribution is 7.89. The van der Waals surface area contributed by atoms with Gasteiger partial charge in [0.2, 0.25) is 0 Å². The third-order valence-electron chi connectivity index (χ3n) is 1.48. The van der Waals surface area contributed by atoms with Crippen LogP contribution in [0, 0.1) is 0 Å². The van der Waals surface area contributed by atoms with Gasteiger partial charge in [0, 0.05) is 0 Å². The third-order valence-corrected chi connectivity index (χ3v) is 2.26. The topological polar surface area (TPSA) is 57.4 Å². The van der Waals surface area contributed by atoms with E-state index in [0.29, 0.717) is 9.98 Å². The zero-order chi connectivity index (χ0) is 7.84. The van der Waals surface area contributed by atoms with E-state index in [2.05, 4.69) is 21.6 Å². The predicted octanol–water partition coefficient (Wildman–Crippen LogP) is -1.47. The normalized spacial score (nSPS) is 36.0. The highest BCUT2D eigenvalue weighted by Gasteiger charge is 2.33. The molecule has 2 fully saturated rings. The molecule has 0 bridgehead atoms. The van der Waals surface area contributed by atoms with E-state index in [1.807, 2.05) is 0 Å². The van der Waals surface area contributed by atoms with Crippen molar-refractivity contribution in [3.05, 3.63) is 0 Å². The Morgan fingerprint density at radius 3 is 1.91 bits per heavy atom. The molecule has 2 rings (SSSR count). The van der Waals surface area contributed by atoms with Gasteiger partial charge < -0.3 is 10.6 Å². The maximum atomic E-state index is 4.91. The zero-order valence-electron chi connectivity index (χ0n) is 5.38. The lowest BCUT2D eigenvalue weighted by atomic mass is 10.3. The Morgan fingerprint density at radius 2 is 1.45 bits per heavy atom. The van der Waals surface area contributed by atoms with Crippen LogP contribution in [-0.2, 0) is 4.94 Å². The second-order valence-electron chi connectivity index (χ2n) is 2.24. The third kappa shape index (κ3) is 1.21. The minimum absolute atomic E-state index is 0.0470. The molecule has 0 aromatic heterocycles. The van der Waals surface area contributed by atoms with Gasteiger partial charge in [0.25, 0.3) is 0 Å². The van der Waals surface area contributed by atoms with Crippen molar-refractivity contribution < 1.29 is 4.94 Å². The summed E-state index contributed by atoms with van der Waals surface area (Å²) in [4.78, 5) is 5.83. The SMILES string of the molecule is S=C1NC2NONC2NC1=S. The van der Waals surface area contributed by atoms with Crippen LogP contribution >= 0.6 is 24.4 Å². The van der Waals surface area contributed by atoms with Gasteiger partial charge in [-0.2, -0.15) is 11.0 Å². The molecule has 0 aromatic rings. The maximum Gasteiger partial charge on any atom is 0.139 e. The van der Waals surface area contributed by atoms with Crippen LogP contribution in [0.1, 0.15) is 0 Å². The Kier molecular flexibility index (Phi) is 1.74. The van der Waals surface area contributed by atoms with Crippen LogP contribution in [0.4, 0.5) is 0 Å². The van der Waals surface area contributed by atoms with E-state index in [4.69, 9.17) is 29.4 Å². The van der Waals surface area contributed by atoms with Crippen LogP contribution in [0.15, 0.2) is 0 Å². The van der Waals surface area contributed by atoms with E-state index in [9.17, 15) is 0 Å². The number of hydroxylamine groups is 2. The fourth-order valence-corrected chi connectivity index (χ4v) is 1.31. The molecule has 2 heterocycles. The first-order chi connectivity index (χ1) is 5.27. The molecule has 0 saturated carbocycles. The van der Waals surface area contributed by atoms with E-state index >= 15 is 0 Å². The number of nitrogens with one attached hydrogen (secondary N) is 4. The second kappa shape index (κ2) is 2.61. The van der Waals surface area contributed by atoms with Crippen molar-refractivity contribution in [3.8, 4) is 0 Å². The Morgan fingerprint density at radius 1 is 1.00 bits per heavy atom. The monoisotopic (exact) mass is 190 g/mol. The van der Waals surface area contributed by atoms with Crippen molar-refractivity contribution in [2.24, 2.45) is 0 Å². The van der Waals surface area contributed by atoms with Gasteiger partial charge in [-0.05, 0) is 0 Å². The Bertz CT molecular complexity index is 198. The molecule has 7 heteroatoms. The summed E-state index contributed by atoms with van der Waals surface area (Å²) in [6.45, 7) is 0. The predicted molar refractivity (Wildman–Crippen MR) is 46.4 cm³/mol. The standard InChI is InChI=1S/C4H6N4OS2/c10-3-4(11)6-2-1(5-3)7-9-8-2/h1-2,7-8H,(H,5,10)(H,6,11). The Labute approximate surface area is 73.8 Å². The molecule has 0 radical (unpaired) electrons. The Balaban J connectivity index is 2.12. The van der Waals surface area contributed by atoms with Crippen molar-refractivity contribution in [2.45, 2.75) is 12.3 Å². The van der Waals surface area contributed by atoms with E-state index in [-0.39, 0.29) is 12.3 Å². The molecule has 60 valence electrons. The highest BCUT2D eigenvalue weighted by atomic mass is 32.1. The summed E-state index contributed by atoms with van der Waals surface area (Å²) in [6.07, 6.45) is -0.0941. The minimum Gasteiger partial charge on any atom is -0.354 e. The second-order valence-corrected chi connectivity index (χ2v) is 3.06. The average Bonchev–Trinajstić information content (AvgIpc) is 2.36. The lowest BCUT2D eigenvalue weighted by molar-refractivity contribution is 0.00770. The van der Waals surface area contributed by atoms with Crippen molar-refractivity contribution in [1.29, 1.82) is 0 Å². The number of piperazine rings is 1. The number of hydrogen-bond acceptors (Lipinski definition) is 5. The van der Waals surface area contributed by atoms with Gasteiger partial charge in [0.1, 0.15) is 22.3 Å². The number of thiocarbonyl (C=S) groups is 2. The fourth-order valence-electron chi connectivity index (χ4n) is 0.936. The molecular formula is C4H6N4OS2. The molecule has 4 N–H and O–H groups in total. The molecule has 0 aromatic carbocycles. The van der Waals surface area contributed by atoms with Crippen molar-refractivity contribution in [3.63, 3.8) is 0 Å². The first kappa shape index (κ1) is 7.32.